The van der Waals surface area contributed by atoms with Crippen LogP contribution < -0.4 is 5.43 Å². The Morgan fingerprint density at radius 2 is 2.05 bits per heavy atom. The SMILES string of the molecule is O=C(NN=CC1CCCCC1)c1sc2ccccc2c1Cl. The first-order chi connectivity index (χ1) is 10.3. The summed E-state index contributed by atoms with van der Waals surface area (Å²) in [6, 6.07) is 7.76. The molecule has 0 spiro atoms. The smallest absolute Gasteiger partial charge is 0.266 e. The molecule has 0 atom stereocenters. The lowest BCUT2D eigenvalue weighted by atomic mass is 9.90. The van der Waals surface area contributed by atoms with Crippen LogP contribution in [0.1, 0.15) is 41.8 Å². The molecular formula is C16H17ClN2OS. The summed E-state index contributed by atoms with van der Waals surface area (Å²) in [5.41, 5.74) is 2.60. The maximum Gasteiger partial charge on any atom is 0.282 e. The highest BCUT2D eigenvalue weighted by Gasteiger charge is 2.16. The zero-order valence-electron chi connectivity index (χ0n) is 11.6. The van der Waals surface area contributed by atoms with Crippen molar-refractivity contribution in [3.63, 3.8) is 0 Å². The van der Waals surface area contributed by atoms with Gasteiger partial charge in [0.2, 0.25) is 0 Å². The lowest BCUT2D eigenvalue weighted by Gasteiger charge is -2.16. The summed E-state index contributed by atoms with van der Waals surface area (Å²) >= 11 is 7.68. The van der Waals surface area contributed by atoms with Crippen molar-refractivity contribution in [2.75, 3.05) is 0 Å². The van der Waals surface area contributed by atoms with E-state index < -0.39 is 0 Å². The molecule has 0 aliphatic heterocycles. The topological polar surface area (TPSA) is 41.5 Å². The first kappa shape index (κ1) is 14.5. The molecule has 1 aromatic heterocycles. The molecule has 0 bridgehead atoms. The van der Waals surface area contributed by atoms with E-state index in [-0.39, 0.29) is 5.91 Å². The predicted octanol–water partition coefficient (Wildman–Crippen LogP) is 4.85. The number of benzene rings is 1. The van der Waals surface area contributed by atoms with Gasteiger partial charge in [-0.1, -0.05) is 49.1 Å². The molecule has 1 saturated carbocycles. The van der Waals surface area contributed by atoms with Gasteiger partial charge in [0.15, 0.2) is 0 Å². The number of thiophene rings is 1. The molecular weight excluding hydrogens is 304 g/mol. The third kappa shape index (κ3) is 3.27. The van der Waals surface area contributed by atoms with Crippen molar-refractivity contribution in [2.24, 2.45) is 11.0 Å². The second-order valence-corrected chi connectivity index (χ2v) is 6.79. The molecule has 5 heteroatoms. The Balaban J connectivity index is 1.69. The van der Waals surface area contributed by atoms with Crippen LogP contribution in [0.3, 0.4) is 0 Å². The summed E-state index contributed by atoms with van der Waals surface area (Å²) in [4.78, 5) is 12.7. The number of hydrogen-bond donors (Lipinski definition) is 1. The van der Waals surface area contributed by atoms with Crippen LogP contribution in [0.15, 0.2) is 29.4 Å². The molecule has 1 amide bonds. The van der Waals surface area contributed by atoms with E-state index in [0.29, 0.717) is 15.8 Å². The summed E-state index contributed by atoms with van der Waals surface area (Å²) in [5.74, 6) is 0.269. The number of hydrazone groups is 1. The summed E-state index contributed by atoms with van der Waals surface area (Å²) in [7, 11) is 0. The normalized spacial score (nSPS) is 16.6. The van der Waals surface area contributed by atoms with Gasteiger partial charge in [-0.25, -0.2) is 5.43 Å². The Morgan fingerprint density at radius 3 is 2.81 bits per heavy atom. The highest BCUT2D eigenvalue weighted by atomic mass is 35.5. The maximum absolute atomic E-state index is 12.2. The van der Waals surface area contributed by atoms with Crippen molar-refractivity contribution in [1.29, 1.82) is 0 Å². The first-order valence-electron chi connectivity index (χ1n) is 7.26. The molecule has 1 fully saturated rings. The molecule has 1 aromatic carbocycles. The van der Waals surface area contributed by atoms with Crippen LogP contribution in [0.5, 0.6) is 0 Å². The van der Waals surface area contributed by atoms with Gasteiger partial charge in [0, 0.05) is 16.3 Å². The van der Waals surface area contributed by atoms with E-state index in [1.54, 1.807) is 0 Å². The highest BCUT2D eigenvalue weighted by Crippen LogP contribution is 2.34. The van der Waals surface area contributed by atoms with Gasteiger partial charge >= 0.3 is 0 Å². The van der Waals surface area contributed by atoms with E-state index in [9.17, 15) is 4.79 Å². The molecule has 0 radical (unpaired) electrons. The minimum absolute atomic E-state index is 0.228. The third-order valence-electron chi connectivity index (χ3n) is 3.84. The fourth-order valence-corrected chi connectivity index (χ4v) is 4.10. The fraction of sp³-hybridized carbons (Fsp3) is 0.375. The molecule has 1 N–H and O–H groups in total. The lowest BCUT2D eigenvalue weighted by Crippen LogP contribution is -2.18. The average molecular weight is 321 g/mol. The van der Waals surface area contributed by atoms with Gasteiger partial charge in [-0.2, -0.15) is 5.10 Å². The number of carbonyl (C=O) groups excluding carboxylic acids is 1. The number of hydrogen-bond acceptors (Lipinski definition) is 3. The molecule has 0 unspecified atom stereocenters. The number of carbonyl (C=O) groups is 1. The quantitative estimate of drug-likeness (QED) is 0.637. The summed E-state index contributed by atoms with van der Waals surface area (Å²) in [6.45, 7) is 0. The number of rotatable bonds is 3. The Labute approximate surface area is 133 Å². The van der Waals surface area contributed by atoms with Gasteiger partial charge in [-0.15, -0.1) is 11.3 Å². The van der Waals surface area contributed by atoms with E-state index in [2.05, 4.69) is 10.5 Å². The maximum atomic E-state index is 12.2. The lowest BCUT2D eigenvalue weighted by molar-refractivity contribution is 0.0959. The minimum Gasteiger partial charge on any atom is -0.266 e. The Morgan fingerprint density at radius 1 is 1.29 bits per heavy atom. The van der Waals surface area contributed by atoms with Gasteiger partial charge in [-0.05, 0) is 24.8 Å². The van der Waals surface area contributed by atoms with E-state index in [0.717, 1.165) is 10.1 Å². The Hall–Kier alpha value is -1.39. The van der Waals surface area contributed by atoms with Crippen molar-refractivity contribution in [3.05, 3.63) is 34.2 Å². The number of amides is 1. The van der Waals surface area contributed by atoms with Crippen LogP contribution in [0.2, 0.25) is 5.02 Å². The van der Waals surface area contributed by atoms with E-state index in [4.69, 9.17) is 11.6 Å². The van der Waals surface area contributed by atoms with Crippen molar-refractivity contribution >= 4 is 45.1 Å². The summed E-state index contributed by atoms with van der Waals surface area (Å²) in [6.07, 6.45) is 8.04. The number of nitrogens with zero attached hydrogens (tertiary/aromatic N) is 1. The van der Waals surface area contributed by atoms with Gasteiger partial charge in [-0.3, -0.25) is 4.79 Å². The Kier molecular flexibility index (Phi) is 4.56. The summed E-state index contributed by atoms with van der Waals surface area (Å²) in [5, 5.41) is 5.54. The minimum atomic E-state index is -0.228. The third-order valence-corrected chi connectivity index (χ3v) is 5.52. The van der Waals surface area contributed by atoms with Crippen LogP contribution in [0.4, 0.5) is 0 Å². The molecule has 1 aliphatic carbocycles. The van der Waals surface area contributed by atoms with Crippen LogP contribution in [-0.4, -0.2) is 12.1 Å². The van der Waals surface area contributed by atoms with Crippen LogP contribution >= 0.6 is 22.9 Å². The van der Waals surface area contributed by atoms with Crippen molar-refractivity contribution in [1.82, 2.24) is 5.43 Å². The van der Waals surface area contributed by atoms with Gasteiger partial charge < -0.3 is 0 Å². The molecule has 110 valence electrons. The zero-order chi connectivity index (χ0) is 14.7. The van der Waals surface area contributed by atoms with E-state index in [1.807, 2.05) is 30.5 Å². The molecule has 3 nitrogen and oxygen atoms in total. The number of nitrogens with one attached hydrogen (secondary N) is 1. The van der Waals surface area contributed by atoms with E-state index >= 15 is 0 Å². The number of fused-ring (bicyclic) bond motifs is 1. The van der Waals surface area contributed by atoms with Crippen LogP contribution in [0.25, 0.3) is 10.1 Å². The monoisotopic (exact) mass is 320 g/mol. The fourth-order valence-electron chi connectivity index (χ4n) is 2.70. The van der Waals surface area contributed by atoms with Gasteiger partial charge in [0.1, 0.15) is 4.88 Å². The molecule has 21 heavy (non-hydrogen) atoms. The zero-order valence-corrected chi connectivity index (χ0v) is 13.2. The van der Waals surface area contributed by atoms with E-state index in [1.165, 1.54) is 43.4 Å². The van der Waals surface area contributed by atoms with Gasteiger partial charge in [0.05, 0.1) is 5.02 Å². The van der Waals surface area contributed by atoms with Crippen molar-refractivity contribution in [2.45, 2.75) is 32.1 Å². The molecule has 1 heterocycles. The second-order valence-electron chi connectivity index (χ2n) is 5.36. The molecule has 0 saturated heterocycles. The molecule has 3 rings (SSSR count). The van der Waals surface area contributed by atoms with Gasteiger partial charge in [0.25, 0.3) is 5.91 Å². The molecule has 1 aliphatic rings. The van der Waals surface area contributed by atoms with Crippen molar-refractivity contribution in [3.8, 4) is 0 Å². The second kappa shape index (κ2) is 6.58. The average Bonchev–Trinajstić information content (AvgIpc) is 2.86. The largest absolute Gasteiger partial charge is 0.282 e. The standard InChI is InChI=1S/C16H17ClN2OS/c17-14-12-8-4-5-9-13(12)21-15(14)16(20)19-18-10-11-6-2-1-3-7-11/h4-5,8-11H,1-3,6-7H2,(H,19,20). The first-order valence-corrected chi connectivity index (χ1v) is 8.45. The van der Waals surface area contributed by atoms with Crippen molar-refractivity contribution < 1.29 is 4.79 Å². The highest BCUT2D eigenvalue weighted by molar-refractivity contribution is 7.21. The molecule has 2 aromatic rings. The predicted molar refractivity (Wildman–Crippen MR) is 89.4 cm³/mol. The van der Waals surface area contributed by atoms with Crippen LogP contribution in [-0.2, 0) is 0 Å². The Bertz CT molecular complexity index is 674. The van der Waals surface area contributed by atoms with Crippen LogP contribution in [0, 0.1) is 5.92 Å². The number of halogens is 1. The summed E-state index contributed by atoms with van der Waals surface area (Å²) < 4.78 is 1.02.